The Morgan fingerprint density at radius 3 is 2.31 bits per heavy atom. The van der Waals surface area contributed by atoms with E-state index in [1.54, 1.807) is 4.90 Å². The Hall–Kier alpha value is -3.68. The van der Waals surface area contributed by atoms with E-state index in [-0.39, 0.29) is 30.6 Å². The van der Waals surface area contributed by atoms with Gasteiger partial charge < -0.3 is 30.4 Å². The van der Waals surface area contributed by atoms with Gasteiger partial charge >= 0.3 is 18.0 Å². The average molecular weight is 723 g/mol. The van der Waals surface area contributed by atoms with E-state index in [0.717, 1.165) is 52.8 Å². The Kier molecular flexibility index (Phi) is 9.36. The molecule has 12 nitrogen and oxygen atoms in total. The molecule has 2 aromatic carbocycles. The molecule has 0 saturated carbocycles. The lowest BCUT2D eigenvalue weighted by molar-refractivity contribution is -0.138. The number of carbonyl (C=O) groups excluding carboxylic acids is 3. The monoisotopic (exact) mass is 721 g/mol. The summed E-state index contributed by atoms with van der Waals surface area (Å²) in [5.74, 6) is -0.836. The lowest BCUT2D eigenvalue weighted by Gasteiger charge is -2.41. The van der Waals surface area contributed by atoms with Crippen molar-refractivity contribution in [2.45, 2.75) is 75.8 Å². The zero-order chi connectivity index (χ0) is 33.5. The molecule has 0 aromatic heterocycles. The molecule has 7 rings (SSSR count). The number of rotatable bonds is 8. The number of para-hydroxylation sites is 1. The molecule has 2 aromatic rings. The fraction of sp³-hybridized carbons (Fsp3) is 0.543. The molecule has 5 aliphatic rings. The highest BCUT2D eigenvalue weighted by Crippen LogP contribution is 2.40. The highest BCUT2D eigenvalue weighted by Gasteiger charge is 2.56. The fourth-order valence-electron chi connectivity index (χ4n) is 8.27. The first-order chi connectivity index (χ1) is 23.1. The number of nitrogens with one attached hydrogen (secondary N) is 2. The van der Waals surface area contributed by atoms with Gasteiger partial charge in [-0.15, -0.1) is 0 Å². The number of urea groups is 2. The summed E-state index contributed by atoms with van der Waals surface area (Å²) in [7, 11) is 0. The highest BCUT2D eigenvalue weighted by molar-refractivity contribution is 9.10. The number of halogens is 1. The molecular formula is C35H44BrN7O5. The molecule has 5 amide bonds. The van der Waals surface area contributed by atoms with Crippen molar-refractivity contribution in [2.24, 2.45) is 0 Å². The summed E-state index contributed by atoms with van der Waals surface area (Å²) in [6, 6.07) is 14.1. The number of aryl methyl sites for hydroxylation is 1. The van der Waals surface area contributed by atoms with Crippen LogP contribution in [0.25, 0.3) is 0 Å². The minimum absolute atomic E-state index is 0.0360. The molecule has 5 aliphatic heterocycles. The molecule has 0 aliphatic carbocycles. The average Bonchev–Trinajstić information content (AvgIpc) is 3.59. The normalized spacial score (nSPS) is 25.2. The molecule has 4 fully saturated rings. The number of carbonyl (C=O) groups is 4. The molecule has 3 unspecified atom stereocenters. The summed E-state index contributed by atoms with van der Waals surface area (Å²) in [5.41, 5.74) is 4.00. The number of benzene rings is 2. The third-order valence-electron chi connectivity index (χ3n) is 10.9. The molecule has 256 valence electrons. The second-order valence-electron chi connectivity index (χ2n) is 13.9. The summed E-state index contributed by atoms with van der Waals surface area (Å²) >= 11 is 3.57. The maximum Gasteiger partial charge on any atom is 0.322 e. The summed E-state index contributed by atoms with van der Waals surface area (Å²) in [6.45, 7) is 6.56. The van der Waals surface area contributed by atoms with Gasteiger partial charge in [0.05, 0.1) is 6.54 Å². The molecule has 0 spiro atoms. The fourth-order valence-corrected chi connectivity index (χ4v) is 8.51. The third kappa shape index (κ3) is 6.90. The number of piperazine rings is 1. The minimum Gasteiger partial charge on any atom is -0.480 e. The van der Waals surface area contributed by atoms with Crippen molar-refractivity contribution < 1.29 is 24.3 Å². The predicted octanol–water partition coefficient (Wildman–Crippen LogP) is 3.33. The van der Waals surface area contributed by atoms with E-state index in [1.165, 1.54) is 0 Å². The van der Waals surface area contributed by atoms with E-state index >= 15 is 0 Å². The zero-order valence-electron chi connectivity index (χ0n) is 27.3. The van der Waals surface area contributed by atoms with Crippen molar-refractivity contribution in [1.29, 1.82) is 0 Å². The van der Waals surface area contributed by atoms with Gasteiger partial charge in [0.25, 0.3) is 0 Å². The van der Waals surface area contributed by atoms with Crippen LogP contribution in [0.2, 0.25) is 0 Å². The second kappa shape index (κ2) is 13.7. The standard InChI is InChI=1S/C35H44BrN7O5/c1-22-16-23(6-7-27(22)36)17-29(33(46)40-12-10-26(11-13-40)43-30-19-39(20-31(30)43)21-32(44)45)38-34(47)41-14-8-25(9-15-41)42-18-24-4-2-3-5-28(24)37-35(42)48/h2-7,16,25-26,29-31H,8-15,17-21H2,1H3,(H,37,48)(H,38,47)(H,44,45). The number of anilines is 1. The highest BCUT2D eigenvalue weighted by atomic mass is 79.9. The van der Waals surface area contributed by atoms with Gasteiger partial charge in [-0.1, -0.05) is 46.3 Å². The first-order valence-electron chi connectivity index (χ1n) is 17.1. The number of fused-ring (bicyclic) bond motifs is 2. The molecule has 5 heterocycles. The first kappa shape index (κ1) is 32.8. The first-order valence-corrected chi connectivity index (χ1v) is 17.9. The van der Waals surface area contributed by atoms with Crippen molar-refractivity contribution in [2.75, 3.05) is 51.1 Å². The number of aliphatic carboxylic acids is 1. The Balaban J connectivity index is 0.953. The summed E-state index contributed by atoms with van der Waals surface area (Å²) in [5, 5.41) is 15.2. The molecule has 4 saturated heterocycles. The van der Waals surface area contributed by atoms with Crippen molar-refractivity contribution in [3.63, 3.8) is 0 Å². The van der Waals surface area contributed by atoms with Crippen LogP contribution in [0.4, 0.5) is 15.3 Å². The number of hydrogen-bond donors (Lipinski definition) is 3. The Bertz CT molecular complexity index is 1560. The maximum absolute atomic E-state index is 14.1. The van der Waals surface area contributed by atoms with Gasteiger partial charge in [0.2, 0.25) is 5.91 Å². The minimum atomic E-state index is -0.780. The third-order valence-corrected chi connectivity index (χ3v) is 11.8. The topological polar surface area (TPSA) is 129 Å². The Labute approximate surface area is 289 Å². The Morgan fingerprint density at radius 2 is 1.62 bits per heavy atom. The van der Waals surface area contributed by atoms with E-state index in [1.807, 2.05) is 58.0 Å². The van der Waals surface area contributed by atoms with Gasteiger partial charge in [0.1, 0.15) is 6.04 Å². The number of nitrogens with zero attached hydrogens (tertiary/aromatic N) is 5. The lowest BCUT2D eigenvalue weighted by Crippen LogP contribution is -2.57. The van der Waals surface area contributed by atoms with E-state index in [9.17, 15) is 19.2 Å². The summed E-state index contributed by atoms with van der Waals surface area (Å²) in [4.78, 5) is 61.8. The largest absolute Gasteiger partial charge is 0.480 e. The van der Waals surface area contributed by atoms with Crippen molar-refractivity contribution in [3.05, 3.63) is 63.6 Å². The summed E-state index contributed by atoms with van der Waals surface area (Å²) < 4.78 is 1.000. The molecule has 3 atom stereocenters. The van der Waals surface area contributed by atoms with Gasteiger partial charge in [-0.2, -0.15) is 0 Å². The molecular weight excluding hydrogens is 678 g/mol. The van der Waals surface area contributed by atoms with E-state index < -0.39 is 12.0 Å². The quantitative estimate of drug-likeness (QED) is 0.357. The predicted molar refractivity (Wildman–Crippen MR) is 184 cm³/mol. The van der Waals surface area contributed by atoms with E-state index in [4.69, 9.17) is 5.11 Å². The van der Waals surface area contributed by atoms with Gasteiger partial charge in [-0.25, -0.2) is 9.59 Å². The van der Waals surface area contributed by atoms with Crippen LogP contribution in [0, 0.1) is 6.92 Å². The summed E-state index contributed by atoms with van der Waals surface area (Å²) in [6.07, 6.45) is 3.49. The lowest BCUT2D eigenvalue weighted by atomic mass is 9.99. The number of piperidine rings is 2. The van der Waals surface area contributed by atoms with Crippen molar-refractivity contribution in [1.82, 2.24) is 29.8 Å². The zero-order valence-corrected chi connectivity index (χ0v) is 28.9. The number of carboxylic acids is 1. The van der Waals surface area contributed by atoms with Crippen LogP contribution in [0.1, 0.15) is 42.4 Å². The molecule has 0 radical (unpaired) electrons. The van der Waals surface area contributed by atoms with Gasteiger partial charge in [0, 0.05) is 86.6 Å². The number of carboxylic acid groups (broad SMARTS) is 1. The molecule has 48 heavy (non-hydrogen) atoms. The number of hydrogen-bond acceptors (Lipinski definition) is 6. The van der Waals surface area contributed by atoms with Crippen LogP contribution in [0.3, 0.4) is 0 Å². The Morgan fingerprint density at radius 1 is 0.958 bits per heavy atom. The van der Waals surface area contributed by atoms with E-state index in [0.29, 0.717) is 70.1 Å². The van der Waals surface area contributed by atoms with Crippen molar-refractivity contribution in [3.8, 4) is 0 Å². The smallest absolute Gasteiger partial charge is 0.322 e. The van der Waals surface area contributed by atoms with Gasteiger partial charge in [-0.05, 0) is 61.4 Å². The van der Waals surface area contributed by atoms with Crippen LogP contribution in [-0.2, 0) is 22.6 Å². The molecule has 13 heteroatoms. The molecule has 3 N–H and O–H groups in total. The maximum atomic E-state index is 14.1. The van der Waals surface area contributed by atoms with E-state index in [2.05, 4.69) is 37.5 Å². The van der Waals surface area contributed by atoms with Gasteiger partial charge in [-0.3, -0.25) is 19.4 Å². The number of amides is 5. The number of likely N-dealkylation sites (tertiary alicyclic amines) is 3. The SMILES string of the molecule is Cc1cc(CC(NC(=O)N2CCC(N3Cc4ccccc4NC3=O)CC2)C(=O)N2CCC(N3C4CN(CC(=O)O)CC43)CC2)ccc1Br. The molecule has 0 bridgehead atoms. The van der Waals surface area contributed by atoms with Crippen LogP contribution in [0.5, 0.6) is 0 Å². The van der Waals surface area contributed by atoms with Gasteiger partial charge in [0.15, 0.2) is 0 Å². The van der Waals surface area contributed by atoms with Crippen LogP contribution in [-0.4, -0.2) is 130 Å². The second-order valence-corrected chi connectivity index (χ2v) is 14.8. The van der Waals surface area contributed by atoms with Crippen LogP contribution < -0.4 is 10.6 Å². The van der Waals surface area contributed by atoms with Crippen LogP contribution >= 0.6 is 15.9 Å². The van der Waals surface area contributed by atoms with Crippen LogP contribution in [0.15, 0.2) is 46.9 Å². The van der Waals surface area contributed by atoms with Crippen molar-refractivity contribution >= 4 is 45.6 Å².